The largest absolute Gasteiger partial charge is 0.373 e. The van der Waals surface area contributed by atoms with Crippen LogP contribution < -0.4 is 0 Å². The van der Waals surface area contributed by atoms with Crippen LogP contribution in [0.5, 0.6) is 0 Å². The van der Waals surface area contributed by atoms with Gasteiger partial charge in [0, 0.05) is 18.6 Å². The molecule has 1 heterocycles. The van der Waals surface area contributed by atoms with Crippen LogP contribution in [0.15, 0.2) is 73.6 Å². The highest BCUT2D eigenvalue weighted by Crippen LogP contribution is 2.40. The molecular formula is C22H24N2O. The number of hydrogen-bond donors (Lipinski definition) is 1. The summed E-state index contributed by atoms with van der Waals surface area (Å²) in [6.07, 6.45) is 5.15. The van der Waals surface area contributed by atoms with Gasteiger partial charge < -0.3 is 9.67 Å². The van der Waals surface area contributed by atoms with Gasteiger partial charge in [-0.15, -0.1) is 0 Å². The zero-order chi connectivity index (χ0) is 18.1. The predicted octanol–water partition coefficient (Wildman–Crippen LogP) is 4.57. The van der Waals surface area contributed by atoms with Crippen molar-refractivity contribution in [2.45, 2.75) is 31.8 Å². The van der Waals surface area contributed by atoms with Crippen LogP contribution in [0.25, 0.3) is 6.20 Å². The second-order valence-corrected chi connectivity index (χ2v) is 7.21. The van der Waals surface area contributed by atoms with E-state index in [2.05, 4.69) is 38.4 Å². The van der Waals surface area contributed by atoms with Gasteiger partial charge in [0.25, 0.3) is 0 Å². The minimum absolute atomic E-state index is 0.120. The fraction of sp³-hybridized carbons (Fsp3) is 0.227. The first-order valence-corrected chi connectivity index (χ1v) is 8.43. The second-order valence-electron chi connectivity index (χ2n) is 7.21. The Labute approximate surface area is 149 Å². The van der Waals surface area contributed by atoms with Gasteiger partial charge in [-0.3, -0.25) is 0 Å². The summed E-state index contributed by atoms with van der Waals surface area (Å²) in [5.41, 5.74) is 1.21. The Morgan fingerprint density at radius 2 is 1.56 bits per heavy atom. The Morgan fingerprint density at radius 3 is 2.16 bits per heavy atom. The van der Waals surface area contributed by atoms with E-state index < -0.39 is 5.60 Å². The molecule has 0 aliphatic heterocycles. The Kier molecular flexibility index (Phi) is 4.36. The van der Waals surface area contributed by atoms with E-state index in [9.17, 15) is 5.11 Å². The van der Waals surface area contributed by atoms with Crippen LogP contribution in [0.4, 0.5) is 0 Å². The molecule has 0 saturated heterocycles. The molecule has 25 heavy (non-hydrogen) atoms. The molecule has 3 heteroatoms. The molecule has 0 fully saturated rings. The third-order valence-electron chi connectivity index (χ3n) is 4.51. The third-order valence-corrected chi connectivity index (χ3v) is 4.51. The molecule has 0 aliphatic carbocycles. The molecule has 3 nitrogen and oxygen atoms in total. The van der Waals surface area contributed by atoms with Crippen LogP contribution in [0, 0.1) is 0 Å². The minimum Gasteiger partial charge on any atom is -0.373 e. The van der Waals surface area contributed by atoms with Gasteiger partial charge in [0.15, 0.2) is 11.4 Å². The summed E-state index contributed by atoms with van der Waals surface area (Å²) >= 11 is 0. The monoisotopic (exact) mass is 332 g/mol. The molecule has 128 valence electrons. The van der Waals surface area contributed by atoms with E-state index in [1.165, 1.54) is 0 Å². The van der Waals surface area contributed by atoms with Crippen molar-refractivity contribution in [2.24, 2.45) is 0 Å². The van der Waals surface area contributed by atoms with Crippen molar-refractivity contribution in [1.29, 1.82) is 0 Å². The maximum absolute atomic E-state index is 12.0. The number of aromatic nitrogens is 2. The first-order chi connectivity index (χ1) is 11.9. The van der Waals surface area contributed by atoms with Crippen LogP contribution >= 0.6 is 0 Å². The molecule has 0 aliphatic rings. The Hall–Kier alpha value is -2.65. The summed E-state index contributed by atoms with van der Waals surface area (Å²) in [5.74, 6) is 0.533. The number of benzene rings is 2. The van der Waals surface area contributed by atoms with Gasteiger partial charge in [-0.25, -0.2) is 4.98 Å². The second kappa shape index (κ2) is 6.34. The van der Waals surface area contributed by atoms with Crippen molar-refractivity contribution >= 4 is 6.20 Å². The molecule has 0 radical (unpaired) electrons. The van der Waals surface area contributed by atoms with Crippen LogP contribution in [-0.2, 0) is 11.0 Å². The molecule has 0 spiro atoms. The normalized spacial score (nSPS) is 14.1. The van der Waals surface area contributed by atoms with Gasteiger partial charge in [-0.05, 0) is 22.1 Å². The number of rotatable bonds is 4. The average molecular weight is 332 g/mol. The Bertz CT molecular complexity index is 874. The number of aliphatic hydroxyl groups is 1. The number of imidazole rings is 1. The predicted molar refractivity (Wildman–Crippen MR) is 102 cm³/mol. The van der Waals surface area contributed by atoms with Crippen LogP contribution in [-0.4, -0.2) is 14.7 Å². The van der Waals surface area contributed by atoms with E-state index in [0.29, 0.717) is 5.82 Å². The highest BCUT2D eigenvalue weighted by Gasteiger charge is 2.40. The van der Waals surface area contributed by atoms with Gasteiger partial charge in [-0.1, -0.05) is 81.9 Å². The SMILES string of the molecule is C=Cn1ccnc1C(O)(c1ccccc1)c1ccccc1C(C)(C)C. The molecule has 0 saturated carbocycles. The van der Waals surface area contributed by atoms with Crippen molar-refractivity contribution < 1.29 is 5.11 Å². The number of hydrogen-bond acceptors (Lipinski definition) is 2. The van der Waals surface area contributed by atoms with Crippen molar-refractivity contribution in [3.63, 3.8) is 0 Å². The fourth-order valence-electron chi connectivity index (χ4n) is 3.28. The molecule has 1 aromatic heterocycles. The molecule has 1 atom stereocenters. The van der Waals surface area contributed by atoms with E-state index in [1.54, 1.807) is 23.2 Å². The average Bonchev–Trinajstić information content (AvgIpc) is 3.10. The van der Waals surface area contributed by atoms with E-state index in [-0.39, 0.29) is 5.41 Å². The molecule has 3 rings (SSSR count). The zero-order valence-electron chi connectivity index (χ0n) is 15.0. The van der Waals surface area contributed by atoms with Crippen molar-refractivity contribution in [3.05, 3.63) is 96.1 Å². The van der Waals surface area contributed by atoms with Crippen LogP contribution in [0.3, 0.4) is 0 Å². The summed E-state index contributed by atoms with van der Waals surface area (Å²) in [6.45, 7) is 10.3. The molecule has 3 aromatic rings. The summed E-state index contributed by atoms with van der Waals surface area (Å²) in [4.78, 5) is 4.48. The Balaban J connectivity index is 2.37. The minimum atomic E-state index is -1.37. The van der Waals surface area contributed by atoms with Crippen LogP contribution in [0.1, 0.15) is 43.3 Å². The fourth-order valence-corrected chi connectivity index (χ4v) is 3.28. The zero-order valence-corrected chi connectivity index (χ0v) is 15.0. The molecule has 2 aromatic carbocycles. The lowest BCUT2D eigenvalue weighted by molar-refractivity contribution is 0.112. The first kappa shape index (κ1) is 17.2. The van der Waals surface area contributed by atoms with Crippen molar-refractivity contribution in [3.8, 4) is 0 Å². The molecular weight excluding hydrogens is 308 g/mol. The van der Waals surface area contributed by atoms with Gasteiger partial charge in [0.1, 0.15) is 0 Å². The summed E-state index contributed by atoms with van der Waals surface area (Å²) in [7, 11) is 0. The van der Waals surface area contributed by atoms with Crippen molar-refractivity contribution in [2.75, 3.05) is 0 Å². The highest BCUT2D eigenvalue weighted by molar-refractivity contribution is 5.49. The van der Waals surface area contributed by atoms with Crippen molar-refractivity contribution in [1.82, 2.24) is 9.55 Å². The Morgan fingerprint density at radius 1 is 0.960 bits per heavy atom. The first-order valence-electron chi connectivity index (χ1n) is 8.43. The smallest absolute Gasteiger partial charge is 0.173 e. The van der Waals surface area contributed by atoms with Gasteiger partial charge in [0.05, 0.1) is 0 Å². The molecule has 1 N–H and O–H groups in total. The van der Waals surface area contributed by atoms with E-state index in [0.717, 1.165) is 16.7 Å². The third kappa shape index (κ3) is 2.92. The quantitative estimate of drug-likeness (QED) is 0.760. The van der Waals surface area contributed by atoms with Gasteiger partial charge >= 0.3 is 0 Å². The van der Waals surface area contributed by atoms with E-state index in [1.807, 2.05) is 48.5 Å². The lowest BCUT2D eigenvalue weighted by Crippen LogP contribution is -2.34. The summed E-state index contributed by atoms with van der Waals surface area (Å²) < 4.78 is 1.77. The number of nitrogens with zero attached hydrogens (tertiary/aromatic N) is 2. The molecule has 1 unspecified atom stereocenters. The molecule has 0 amide bonds. The topological polar surface area (TPSA) is 38.0 Å². The van der Waals surface area contributed by atoms with E-state index in [4.69, 9.17) is 0 Å². The standard InChI is InChI=1S/C22H24N2O/c1-5-24-16-15-23-20(24)22(25,17-11-7-6-8-12-17)19-14-10-9-13-18(19)21(2,3)4/h5-16,25H,1H2,2-4H3. The summed E-state index contributed by atoms with van der Waals surface area (Å²) in [5, 5.41) is 12.0. The van der Waals surface area contributed by atoms with Gasteiger partial charge in [0.2, 0.25) is 0 Å². The highest BCUT2D eigenvalue weighted by atomic mass is 16.3. The maximum Gasteiger partial charge on any atom is 0.173 e. The lowest BCUT2D eigenvalue weighted by atomic mass is 9.75. The van der Waals surface area contributed by atoms with Crippen LogP contribution in [0.2, 0.25) is 0 Å². The van der Waals surface area contributed by atoms with Gasteiger partial charge in [-0.2, -0.15) is 0 Å². The lowest BCUT2D eigenvalue weighted by Gasteiger charge is -2.34. The molecule has 0 bridgehead atoms. The summed E-state index contributed by atoms with van der Waals surface area (Å²) in [6, 6.07) is 17.7. The maximum atomic E-state index is 12.0. The van der Waals surface area contributed by atoms with E-state index >= 15 is 0 Å².